The van der Waals surface area contributed by atoms with E-state index in [0.717, 1.165) is 25.6 Å². The molecule has 0 radical (unpaired) electrons. The first-order valence-corrected chi connectivity index (χ1v) is 7.60. The summed E-state index contributed by atoms with van der Waals surface area (Å²) >= 11 is 5.61. The molecule has 0 aliphatic carbocycles. The van der Waals surface area contributed by atoms with Gasteiger partial charge in [-0.25, -0.2) is 0 Å². The zero-order chi connectivity index (χ0) is 13.8. The van der Waals surface area contributed by atoms with E-state index in [0.29, 0.717) is 12.2 Å². The minimum atomic E-state index is 0.511. The van der Waals surface area contributed by atoms with Crippen molar-refractivity contribution in [3.8, 4) is 5.75 Å². The van der Waals surface area contributed by atoms with Crippen LogP contribution in [0.4, 0.5) is 0 Å². The number of aryl methyl sites for hydroxylation is 1. The Morgan fingerprint density at radius 2 is 2.11 bits per heavy atom. The fraction of sp³-hybridized carbons (Fsp3) is 0.133. The SMILES string of the molecule is Cc1cccc(COc2c(Br)cc(C=O)cc2I)c1. The van der Waals surface area contributed by atoms with Gasteiger partial charge in [-0.2, -0.15) is 0 Å². The van der Waals surface area contributed by atoms with Gasteiger partial charge in [-0.15, -0.1) is 0 Å². The first-order valence-electron chi connectivity index (χ1n) is 5.72. The van der Waals surface area contributed by atoms with Gasteiger partial charge in [0.05, 0.1) is 8.04 Å². The quantitative estimate of drug-likeness (QED) is 0.516. The van der Waals surface area contributed by atoms with Crippen LogP contribution in [0.15, 0.2) is 40.9 Å². The van der Waals surface area contributed by atoms with Gasteiger partial charge in [0.25, 0.3) is 0 Å². The second-order valence-corrected chi connectivity index (χ2v) is 6.23. The molecule has 0 atom stereocenters. The van der Waals surface area contributed by atoms with Crippen LogP contribution in [0, 0.1) is 10.5 Å². The lowest BCUT2D eigenvalue weighted by atomic mass is 10.1. The maximum absolute atomic E-state index is 10.8. The van der Waals surface area contributed by atoms with E-state index in [1.807, 2.05) is 18.2 Å². The Labute approximate surface area is 134 Å². The van der Waals surface area contributed by atoms with Gasteiger partial charge in [0.2, 0.25) is 0 Å². The number of carbonyl (C=O) groups is 1. The predicted octanol–water partition coefficient (Wildman–Crippen LogP) is 4.75. The molecule has 2 rings (SSSR count). The van der Waals surface area contributed by atoms with Gasteiger partial charge >= 0.3 is 0 Å². The highest BCUT2D eigenvalue weighted by Crippen LogP contribution is 2.32. The molecule has 0 saturated carbocycles. The van der Waals surface area contributed by atoms with Gasteiger partial charge in [-0.3, -0.25) is 4.79 Å². The largest absolute Gasteiger partial charge is 0.487 e. The summed E-state index contributed by atoms with van der Waals surface area (Å²) in [7, 11) is 0. The third kappa shape index (κ3) is 3.79. The monoisotopic (exact) mass is 430 g/mol. The van der Waals surface area contributed by atoms with Crippen molar-refractivity contribution in [3.05, 3.63) is 61.1 Å². The van der Waals surface area contributed by atoms with Gasteiger partial charge in [0.1, 0.15) is 18.6 Å². The lowest BCUT2D eigenvalue weighted by Gasteiger charge is -2.11. The number of rotatable bonds is 4. The van der Waals surface area contributed by atoms with Crippen LogP contribution in [-0.2, 0) is 6.61 Å². The highest BCUT2D eigenvalue weighted by molar-refractivity contribution is 14.1. The molecular formula is C15H12BrIO2. The predicted molar refractivity (Wildman–Crippen MR) is 87.8 cm³/mol. The molecule has 98 valence electrons. The standard InChI is InChI=1S/C15H12BrIO2/c1-10-3-2-4-11(5-10)9-19-15-13(16)6-12(8-18)7-14(15)17/h2-8H,9H2,1H3. The van der Waals surface area contributed by atoms with E-state index in [2.05, 4.69) is 57.6 Å². The highest BCUT2D eigenvalue weighted by atomic mass is 127. The average Bonchev–Trinajstić information content (AvgIpc) is 2.37. The van der Waals surface area contributed by atoms with Crippen LogP contribution in [0.25, 0.3) is 0 Å². The summed E-state index contributed by atoms with van der Waals surface area (Å²) in [6.45, 7) is 2.57. The molecule has 2 nitrogen and oxygen atoms in total. The van der Waals surface area contributed by atoms with Gasteiger partial charge in [0.15, 0.2) is 0 Å². The Hall–Kier alpha value is -0.880. The molecule has 0 unspecified atom stereocenters. The number of hydrogen-bond donors (Lipinski definition) is 0. The Morgan fingerprint density at radius 1 is 1.32 bits per heavy atom. The van der Waals surface area contributed by atoms with Crippen molar-refractivity contribution in [1.29, 1.82) is 0 Å². The third-order valence-electron chi connectivity index (χ3n) is 2.62. The number of hydrogen-bond acceptors (Lipinski definition) is 2. The van der Waals surface area contributed by atoms with Crippen molar-refractivity contribution in [2.45, 2.75) is 13.5 Å². The normalized spacial score (nSPS) is 10.3. The van der Waals surface area contributed by atoms with Gasteiger partial charge in [-0.1, -0.05) is 29.8 Å². The molecule has 0 spiro atoms. The summed E-state index contributed by atoms with van der Waals surface area (Å²) in [5, 5.41) is 0. The van der Waals surface area contributed by atoms with Crippen LogP contribution in [0.2, 0.25) is 0 Å². The van der Waals surface area contributed by atoms with Gasteiger partial charge in [-0.05, 0) is 63.1 Å². The van der Waals surface area contributed by atoms with Crippen molar-refractivity contribution < 1.29 is 9.53 Å². The van der Waals surface area contributed by atoms with Crippen LogP contribution < -0.4 is 4.74 Å². The van der Waals surface area contributed by atoms with Crippen LogP contribution >= 0.6 is 38.5 Å². The van der Waals surface area contributed by atoms with Crippen LogP contribution in [0.3, 0.4) is 0 Å². The van der Waals surface area contributed by atoms with E-state index >= 15 is 0 Å². The summed E-state index contributed by atoms with van der Waals surface area (Å²) < 4.78 is 7.56. The Morgan fingerprint density at radius 3 is 2.74 bits per heavy atom. The summed E-state index contributed by atoms with van der Waals surface area (Å²) in [5.74, 6) is 0.771. The van der Waals surface area contributed by atoms with E-state index in [1.54, 1.807) is 6.07 Å². The average molecular weight is 431 g/mol. The lowest BCUT2D eigenvalue weighted by molar-refractivity contribution is 0.112. The number of aldehydes is 1. The molecule has 0 aliphatic heterocycles. The molecule has 0 fully saturated rings. The van der Waals surface area contributed by atoms with Crippen LogP contribution in [0.5, 0.6) is 5.75 Å². The molecule has 0 heterocycles. The van der Waals surface area contributed by atoms with Gasteiger partial charge < -0.3 is 4.74 Å². The topological polar surface area (TPSA) is 26.3 Å². The van der Waals surface area contributed by atoms with E-state index < -0.39 is 0 Å². The Bertz CT molecular complexity index is 588. The molecule has 0 amide bonds. The molecule has 0 N–H and O–H groups in total. The number of halogens is 2. The Kier molecular flexibility index (Phi) is 4.99. The fourth-order valence-corrected chi connectivity index (χ4v) is 3.51. The summed E-state index contributed by atoms with van der Waals surface area (Å²) in [4.78, 5) is 10.8. The van der Waals surface area contributed by atoms with Crippen molar-refractivity contribution in [2.75, 3.05) is 0 Å². The number of benzene rings is 2. The minimum absolute atomic E-state index is 0.511. The van der Waals surface area contributed by atoms with E-state index in [4.69, 9.17) is 4.74 Å². The smallest absolute Gasteiger partial charge is 0.150 e. The number of carbonyl (C=O) groups excluding carboxylic acids is 1. The minimum Gasteiger partial charge on any atom is -0.487 e. The molecular weight excluding hydrogens is 419 g/mol. The van der Waals surface area contributed by atoms with Crippen molar-refractivity contribution >= 4 is 44.8 Å². The second kappa shape index (κ2) is 6.52. The van der Waals surface area contributed by atoms with Gasteiger partial charge in [0, 0.05) is 5.56 Å². The molecule has 2 aromatic rings. The molecule has 0 aromatic heterocycles. The van der Waals surface area contributed by atoms with Crippen LogP contribution in [-0.4, -0.2) is 6.29 Å². The van der Waals surface area contributed by atoms with Crippen LogP contribution in [0.1, 0.15) is 21.5 Å². The van der Waals surface area contributed by atoms with E-state index in [1.165, 1.54) is 5.56 Å². The fourth-order valence-electron chi connectivity index (χ4n) is 1.74. The summed E-state index contributed by atoms with van der Waals surface area (Å²) in [6.07, 6.45) is 0.831. The Balaban J connectivity index is 2.18. The summed E-state index contributed by atoms with van der Waals surface area (Å²) in [5.41, 5.74) is 2.98. The molecule has 0 saturated heterocycles. The first-order chi connectivity index (χ1) is 9.10. The first kappa shape index (κ1) is 14.5. The number of ether oxygens (including phenoxy) is 1. The van der Waals surface area contributed by atoms with Crippen molar-refractivity contribution in [3.63, 3.8) is 0 Å². The van der Waals surface area contributed by atoms with Crippen molar-refractivity contribution in [1.82, 2.24) is 0 Å². The highest BCUT2D eigenvalue weighted by Gasteiger charge is 2.09. The molecule has 0 bridgehead atoms. The maximum Gasteiger partial charge on any atom is 0.150 e. The zero-order valence-electron chi connectivity index (χ0n) is 10.3. The molecule has 2 aromatic carbocycles. The molecule has 4 heteroatoms. The zero-order valence-corrected chi connectivity index (χ0v) is 14.1. The second-order valence-electron chi connectivity index (χ2n) is 4.21. The van der Waals surface area contributed by atoms with Crippen molar-refractivity contribution in [2.24, 2.45) is 0 Å². The molecule has 19 heavy (non-hydrogen) atoms. The maximum atomic E-state index is 10.8. The molecule has 0 aliphatic rings. The third-order valence-corrected chi connectivity index (χ3v) is 4.01. The lowest BCUT2D eigenvalue weighted by Crippen LogP contribution is -1.99. The van der Waals surface area contributed by atoms with E-state index in [9.17, 15) is 4.79 Å². The summed E-state index contributed by atoms with van der Waals surface area (Å²) in [6, 6.07) is 11.8. The van der Waals surface area contributed by atoms with E-state index in [-0.39, 0.29) is 0 Å².